The van der Waals surface area contributed by atoms with E-state index < -0.39 is 0 Å². The van der Waals surface area contributed by atoms with E-state index in [9.17, 15) is 0 Å². The van der Waals surface area contributed by atoms with Gasteiger partial charge in [0, 0.05) is 12.0 Å². The molecule has 104 valence electrons. The molecule has 0 amide bonds. The number of hydrogen-bond acceptors (Lipinski definition) is 4. The minimum absolute atomic E-state index is 0.475. The van der Waals surface area contributed by atoms with Crippen LogP contribution in [0.15, 0.2) is 28.8 Å². The molecule has 2 aliphatic rings. The quantitative estimate of drug-likeness (QED) is 0.855. The normalized spacial score (nSPS) is 21.4. The van der Waals surface area contributed by atoms with Gasteiger partial charge in [-0.05, 0) is 43.9 Å². The molecule has 1 aromatic carbocycles. The number of fused-ring (bicyclic) bond motifs is 1. The number of hydrogen-bond donors (Lipinski definition) is 0. The zero-order valence-electron chi connectivity index (χ0n) is 11.7. The first-order chi connectivity index (χ1) is 9.81. The van der Waals surface area contributed by atoms with Crippen LogP contribution in [-0.4, -0.2) is 22.1 Å². The summed E-state index contributed by atoms with van der Waals surface area (Å²) in [6.07, 6.45) is 4.78. The molecule has 1 aromatic heterocycles. The van der Waals surface area contributed by atoms with E-state index in [1.54, 1.807) is 0 Å². The third-order valence-electron chi connectivity index (χ3n) is 4.44. The second-order valence-electron chi connectivity index (χ2n) is 5.99. The van der Waals surface area contributed by atoms with E-state index in [1.165, 1.54) is 36.8 Å². The van der Waals surface area contributed by atoms with Gasteiger partial charge >= 0.3 is 0 Å². The van der Waals surface area contributed by atoms with E-state index in [-0.39, 0.29) is 0 Å². The SMILES string of the molecule is CN(Cc1nc(C2CC2)no1)[C@@H]1CCc2ccccc21. The van der Waals surface area contributed by atoms with E-state index in [1.807, 2.05) is 0 Å². The van der Waals surface area contributed by atoms with Crippen LogP contribution in [0.4, 0.5) is 0 Å². The molecule has 2 aromatic rings. The second-order valence-corrected chi connectivity index (χ2v) is 5.99. The Morgan fingerprint density at radius 3 is 2.95 bits per heavy atom. The summed E-state index contributed by atoms with van der Waals surface area (Å²) in [7, 11) is 2.15. The van der Waals surface area contributed by atoms with Crippen LogP contribution in [0.2, 0.25) is 0 Å². The van der Waals surface area contributed by atoms with Crippen LogP contribution in [0.1, 0.15) is 54.1 Å². The maximum absolute atomic E-state index is 5.38. The lowest BCUT2D eigenvalue weighted by atomic mass is 10.1. The lowest BCUT2D eigenvalue weighted by Gasteiger charge is -2.23. The molecular weight excluding hydrogens is 250 g/mol. The Morgan fingerprint density at radius 1 is 1.25 bits per heavy atom. The van der Waals surface area contributed by atoms with Crippen molar-refractivity contribution in [3.05, 3.63) is 47.1 Å². The van der Waals surface area contributed by atoms with Gasteiger partial charge in [-0.2, -0.15) is 4.98 Å². The van der Waals surface area contributed by atoms with Crippen molar-refractivity contribution in [3.8, 4) is 0 Å². The van der Waals surface area contributed by atoms with E-state index in [0.717, 1.165) is 18.3 Å². The van der Waals surface area contributed by atoms with Crippen molar-refractivity contribution >= 4 is 0 Å². The Morgan fingerprint density at radius 2 is 2.10 bits per heavy atom. The molecule has 0 saturated heterocycles. The number of benzene rings is 1. The summed E-state index contributed by atoms with van der Waals surface area (Å²) in [6.45, 7) is 0.735. The maximum atomic E-state index is 5.38. The Bertz CT molecular complexity index is 618. The van der Waals surface area contributed by atoms with E-state index in [2.05, 4.69) is 46.4 Å². The van der Waals surface area contributed by atoms with Gasteiger partial charge in [0.2, 0.25) is 5.89 Å². The number of aryl methyl sites for hydroxylation is 1. The number of rotatable bonds is 4. The molecule has 4 nitrogen and oxygen atoms in total. The van der Waals surface area contributed by atoms with E-state index in [4.69, 9.17) is 4.52 Å². The van der Waals surface area contributed by atoms with Crippen molar-refractivity contribution < 1.29 is 4.52 Å². The summed E-state index contributed by atoms with van der Waals surface area (Å²) in [6, 6.07) is 9.21. The molecule has 0 spiro atoms. The largest absolute Gasteiger partial charge is 0.338 e. The van der Waals surface area contributed by atoms with Crippen LogP contribution in [0, 0.1) is 0 Å². The molecular formula is C16H19N3O. The van der Waals surface area contributed by atoms with Gasteiger partial charge in [-0.15, -0.1) is 0 Å². The summed E-state index contributed by atoms with van der Waals surface area (Å²) in [5.41, 5.74) is 2.94. The van der Waals surface area contributed by atoms with Crippen molar-refractivity contribution in [3.63, 3.8) is 0 Å². The highest BCUT2D eigenvalue weighted by molar-refractivity contribution is 5.34. The Kier molecular flexibility index (Phi) is 2.84. The predicted octanol–water partition coefficient (Wildman–Crippen LogP) is 3.07. The highest BCUT2D eigenvalue weighted by Crippen LogP contribution is 2.38. The molecule has 20 heavy (non-hydrogen) atoms. The molecule has 4 rings (SSSR count). The second kappa shape index (κ2) is 4.70. The molecule has 4 heteroatoms. The predicted molar refractivity (Wildman–Crippen MR) is 75.2 cm³/mol. The lowest BCUT2D eigenvalue weighted by molar-refractivity contribution is 0.204. The Hall–Kier alpha value is -1.68. The van der Waals surface area contributed by atoms with E-state index in [0.29, 0.717) is 12.0 Å². The van der Waals surface area contributed by atoms with Gasteiger partial charge in [0.15, 0.2) is 5.82 Å². The van der Waals surface area contributed by atoms with Crippen LogP contribution < -0.4 is 0 Å². The van der Waals surface area contributed by atoms with Crippen molar-refractivity contribution in [1.29, 1.82) is 0 Å². The molecule has 1 heterocycles. The summed E-state index contributed by atoms with van der Waals surface area (Å²) in [4.78, 5) is 6.85. The molecule has 1 fully saturated rings. The van der Waals surface area contributed by atoms with Crippen LogP contribution >= 0.6 is 0 Å². The Labute approximate surface area is 118 Å². The van der Waals surface area contributed by atoms with Gasteiger partial charge in [0.05, 0.1) is 6.54 Å². The van der Waals surface area contributed by atoms with Gasteiger partial charge in [0.1, 0.15) is 0 Å². The van der Waals surface area contributed by atoms with Crippen molar-refractivity contribution in [2.24, 2.45) is 0 Å². The topological polar surface area (TPSA) is 42.2 Å². The summed E-state index contributed by atoms with van der Waals surface area (Å²) >= 11 is 0. The number of aromatic nitrogens is 2. The van der Waals surface area contributed by atoms with Gasteiger partial charge in [-0.1, -0.05) is 29.4 Å². The first kappa shape index (κ1) is 12.1. The lowest BCUT2D eigenvalue weighted by Crippen LogP contribution is -2.22. The average Bonchev–Trinajstić information content (AvgIpc) is 3.06. The Balaban J connectivity index is 1.48. The van der Waals surface area contributed by atoms with Gasteiger partial charge in [-0.25, -0.2) is 0 Å². The van der Waals surface area contributed by atoms with Crippen LogP contribution in [0.3, 0.4) is 0 Å². The zero-order chi connectivity index (χ0) is 13.5. The molecule has 0 radical (unpaired) electrons. The fourth-order valence-electron chi connectivity index (χ4n) is 3.16. The highest BCUT2D eigenvalue weighted by atomic mass is 16.5. The molecule has 0 N–H and O–H groups in total. The van der Waals surface area contributed by atoms with Gasteiger partial charge < -0.3 is 4.52 Å². The summed E-state index contributed by atoms with van der Waals surface area (Å²) < 4.78 is 5.38. The zero-order valence-corrected chi connectivity index (χ0v) is 11.7. The number of nitrogens with zero attached hydrogens (tertiary/aromatic N) is 3. The van der Waals surface area contributed by atoms with Crippen molar-refractivity contribution in [2.45, 2.75) is 44.2 Å². The van der Waals surface area contributed by atoms with Crippen molar-refractivity contribution in [2.75, 3.05) is 7.05 Å². The molecule has 1 saturated carbocycles. The monoisotopic (exact) mass is 269 g/mol. The third-order valence-corrected chi connectivity index (χ3v) is 4.44. The first-order valence-corrected chi connectivity index (χ1v) is 7.42. The minimum Gasteiger partial charge on any atom is -0.338 e. The molecule has 0 unspecified atom stereocenters. The third kappa shape index (κ3) is 2.14. The molecule has 2 aliphatic carbocycles. The standard InChI is InChI=1S/C16H19N3O/c1-19(10-15-17-16(18-20-15)12-6-7-12)14-9-8-11-4-2-3-5-13(11)14/h2-5,12,14H,6-10H2,1H3/t14-/m1/s1. The van der Waals surface area contributed by atoms with E-state index >= 15 is 0 Å². The average molecular weight is 269 g/mol. The van der Waals surface area contributed by atoms with Crippen molar-refractivity contribution in [1.82, 2.24) is 15.0 Å². The first-order valence-electron chi connectivity index (χ1n) is 7.42. The maximum Gasteiger partial charge on any atom is 0.240 e. The van der Waals surface area contributed by atoms with Crippen LogP contribution in [0.25, 0.3) is 0 Å². The fraction of sp³-hybridized carbons (Fsp3) is 0.500. The van der Waals surface area contributed by atoms with Crippen LogP contribution in [-0.2, 0) is 13.0 Å². The summed E-state index contributed by atoms with van der Waals surface area (Å²) in [5, 5.41) is 4.09. The fourth-order valence-corrected chi connectivity index (χ4v) is 3.16. The smallest absolute Gasteiger partial charge is 0.240 e. The minimum atomic E-state index is 0.475. The highest BCUT2D eigenvalue weighted by Gasteiger charge is 2.30. The summed E-state index contributed by atoms with van der Waals surface area (Å²) in [5.74, 6) is 2.21. The van der Waals surface area contributed by atoms with Gasteiger partial charge in [-0.3, -0.25) is 4.90 Å². The van der Waals surface area contributed by atoms with Crippen LogP contribution in [0.5, 0.6) is 0 Å². The molecule has 1 atom stereocenters. The van der Waals surface area contributed by atoms with Gasteiger partial charge in [0.25, 0.3) is 0 Å². The molecule has 0 bridgehead atoms. The molecule has 0 aliphatic heterocycles.